The lowest BCUT2D eigenvalue weighted by Crippen LogP contribution is -2.63. The first-order valence-corrected chi connectivity index (χ1v) is 30.9. The second-order valence-corrected chi connectivity index (χ2v) is 27.1. The summed E-state index contributed by atoms with van der Waals surface area (Å²) in [7, 11) is 10.1. The Morgan fingerprint density at radius 2 is 0.894 bits per heavy atom. The predicted octanol–water partition coefficient (Wildman–Crippen LogP) is 3.14. The quantitative estimate of drug-likeness (QED) is 0.138. The monoisotopic (exact) mass is 1210 g/mol. The van der Waals surface area contributed by atoms with E-state index >= 15 is 9.59 Å². The van der Waals surface area contributed by atoms with E-state index in [9.17, 15) is 48.6 Å². The molecule has 1 heterocycles. The fourth-order valence-electron chi connectivity index (χ4n) is 11.3. The average molecular weight is 1210 g/mol. The van der Waals surface area contributed by atoms with Crippen molar-refractivity contribution in [3.63, 3.8) is 0 Å². The highest BCUT2D eigenvalue weighted by Gasteiger charge is 2.46. The van der Waals surface area contributed by atoms with E-state index < -0.39 is 156 Å². The van der Waals surface area contributed by atoms with E-state index in [1.165, 1.54) is 87.7 Å². The van der Waals surface area contributed by atoms with Gasteiger partial charge in [-0.1, -0.05) is 111 Å². The van der Waals surface area contributed by atoms with E-state index in [2.05, 4.69) is 21.3 Å². The Balaban J connectivity index is 4.32. The largest absolute Gasteiger partial charge is 0.390 e. The third-order valence-corrected chi connectivity index (χ3v) is 16.3. The van der Waals surface area contributed by atoms with Gasteiger partial charge in [0.2, 0.25) is 59.1 Å². The van der Waals surface area contributed by atoms with Crippen LogP contribution in [-0.2, 0) is 47.9 Å². The molecule has 23 nitrogen and oxygen atoms in total. The molecule has 1 aliphatic heterocycles. The summed E-state index contributed by atoms with van der Waals surface area (Å²) in [6.07, 6.45) is -1.69. The van der Waals surface area contributed by atoms with Crippen LogP contribution in [0.4, 0.5) is 0 Å². The fourth-order valence-corrected chi connectivity index (χ4v) is 11.3. The maximum atomic E-state index is 15.2. The molecule has 0 saturated carbocycles. The second kappa shape index (κ2) is 34.8. The van der Waals surface area contributed by atoms with Crippen molar-refractivity contribution < 1.29 is 58.2 Å². The molecule has 1 rings (SSSR count). The molecular formula is C62H115N11O12. The standard InChI is InChI=1S/C62H115N11O12/c1-26-43-58(81)67(19)32-48(74)68(20)44(28-34(4)5)55(78)66-49(38(12)13)61(84)69(21)45(29-35(6)7)54(77)63-41(17)53(76)64-42(18)57(80)70(22)46(30-36(8)9)59(82)71(23)47(31-37(10)11)60(83)72(24)50(39(14)15)62(85)73(25)51(56(79)65-43)52(75)40(16)27-33(2)3/h33-47,49-52,55,66,75,78H,26-32H2,1-25H3,(H,63,77)(H,64,76)(H,65,79)/t40-,41+,42-,43+,44+,45+,46+,47+,49+,50+,51+,52-,55?/m1/s1. The molecular weight excluding hydrogens is 1090 g/mol. The highest BCUT2D eigenvalue weighted by molar-refractivity contribution is 5.98. The molecule has 1 saturated heterocycles. The van der Waals surface area contributed by atoms with Gasteiger partial charge in [-0.2, -0.15) is 0 Å². The molecule has 0 aromatic rings. The summed E-state index contributed by atoms with van der Waals surface area (Å²) in [6.45, 7) is 31.8. The lowest BCUT2D eigenvalue weighted by atomic mass is 9.88. The van der Waals surface area contributed by atoms with E-state index in [0.29, 0.717) is 6.42 Å². The van der Waals surface area contributed by atoms with Crippen LogP contribution in [0.2, 0.25) is 0 Å². The first-order valence-electron chi connectivity index (χ1n) is 30.9. The van der Waals surface area contributed by atoms with Gasteiger partial charge in [0, 0.05) is 49.3 Å². The molecule has 0 bridgehead atoms. The Kier molecular flexibility index (Phi) is 31.8. The van der Waals surface area contributed by atoms with Crippen molar-refractivity contribution >= 4 is 59.1 Å². The highest BCUT2D eigenvalue weighted by Crippen LogP contribution is 2.26. The zero-order valence-corrected chi connectivity index (χ0v) is 56.6. The molecule has 0 aromatic carbocycles. The molecule has 85 heavy (non-hydrogen) atoms. The number of nitrogens with one attached hydrogen (secondary N) is 4. The fraction of sp³-hybridized carbons (Fsp3) is 0.839. The van der Waals surface area contributed by atoms with Crippen molar-refractivity contribution in [1.29, 1.82) is 0 Å². The van der Waals surface area contributed by atoms with Gasteiger partial charge >= 0.3 is 0 Å². The smallest absolute Gasteiger partial charge is 0.246 e. The molecule has 10 amide bonds. The van der Waals surface area contributed by atoms with Gasteiger partial charge in [0.15, 0.2) is 0 Å². The molecule has 1 fully saturated rings. The summed E-state index contributed by atoms with van der Waals surface area (Å²) < 4.78 is 0. The van der Waals surface area contributed by atoms with Crippen LogP contribution in [0.25, 0.3) is 0 Å². The van der Waals surface area contributed by atoms with Gasteiger partial charge in [-0.05, 0) is 99.7 Å². The average Bonchev–Trinajstić information content (AvgIpc) is 2.65. The third kappa shape index (κ3) is 22.0. The lowest BCUT2D eigenvalue weighted by molar-refractivity contribution is -0.157. The van der Waals surface area contributed by atoms with Crippen LogP contribution in [0.3, 0.4) is 0 Å². The highest BCUT2D eigenvalue weighted by atomic mass is 16.3. The number of aliphatic hydroxyl groups excluding tert-OH is 2. The van der Waals surface area contributed by atoms with E-state index in [1.807, 2.05) is 69.2 Å². The molecule has 1 unspecified atom stereocenters. The summed E-state index contributed by atoms with van der Waals surface area (Å²) >= 11 is 0. The van der Waals surface area contributed by atoms with E-state index in [1.54, 1.807) is 41.5 Å². The number of aliphatic hydroxyl groups is 2. The van der Waals surface area contributed by atoms with Crippen LogP contribution < -0.4 is 21.3 Å². The van der Waals surface area contributed by atoms with Crippen LogP contribution in [0.1, 0.15) is 163 Å². The van der Waals surface area contributed by atoms with Crippen molar-refractivity contribution in [2.24, 2.45) is 47.3 Å². The minimum absolute atomic E-state index is 0.0443. The molecule has 0 aliphatic carbocycles. The maximum absolute atomic E-state index is 15.2. The van der Waals surface area contributed by atoms with Crippen molar-refractivity contribution in [3.05, 3.63) is 0 Å². The van der Waals surface area contributed by atoms with Gasteiger partial charge in [0.05, 0.1) is 24.7 Å². The number of nitrogens with zero attached hydrogens (tertiary/aromatic N) is 7. The number of hydrogen-bond donors (Lipinski definition) is 6. The number of amides is 10. The number of hydrogen-bond acceptors (Lipinski definition) is 13. The van der Waals surface area contributed by atoms with Crippen LogP contribution in [0, 0.1) is 47.3 Å². The molecule has 0 spiro atoms. The minimum Gasteiger partial charge on any atom is -0.390 e. The Bertz CT molecular complexity index is 2240. The molecule has 6 N–H and O–H groups in total. The topological polar surface area (TPSA) is 282 Å². The SMILES string of the molecule is CC[C@@H]1NC(=O)[C@H]([C@H](O)[C@H](C)CC(C)C)N(C)C(=O)[C@H](C(C)C)N(C)C(=O)[C@H](CC(C)C)N(C)C(=O)[C@H](CC(C)C)N(C)C(=O)[C@@H](C)NC(=O)[C@H](C)NC(=O)[C@H](CC(C)C)N(C)C(=O)[C@H](C(C)C)NC(O)[C@H](CC(C)C)N(C)C(=O)CN(C)C1=O. The predicted molar refractivity (Wildman–Crippen MR) is 329 cm³/mol. The van der Waals surface area contributed by atoms with Gasteiger partial charge in [-0.25, -0.2) is 0 Å². The van der Waals surface area contributed by atoms with Gasteiger partial charge < -0.3 is 60.5 Å². The van der Waals surface area contributed by atoms with Gasteiger partial charge in [0.1, 0.15) is 54.6 Å². The number of carbonyl (C=O) groups is 10. The maximum Gasteiger partial charge on any atom is 0.246 e. The Labute approximate surface area is 510 Å². The second-order valence-electron chi connectivity index (χ2n) is 27.1. The van der Waals surface area contributed by atoms with E-state index in [4.69, 9.17) is 0 Å². The summed E-state index contributed by atoms with van der Waals surface area (Å²) in [6, 6.07) is -11.9. The van der Waals surface area contributed by atoms with Crippen LogP contribution in [-0.4, -0.2) is 232 Å². The number of likely N-dealkylation sites (N-methyl/N-ethyl adjacent to an activating group) is 7. The molecule has 13 atom stereocenters. The summed E-state index contributed by atoms with van der Waals surface area (Å²) in [5, 5.41) is 35.4. The molecule has 1 aliphatic rings. The zero-order chi connectivity index (χ0) is 66.1. The van der Waals surface area contributed by atoms with Gasteiger partial charge in [-0.3, -0.25) is 53.3 Å². The van der Waals surface area contributed by atoms with Crippen LogP contribution >= 0.6 is 0 Å². The number of carbonyl (C=O) groups excluding carboxylic acids is 10. The van der Waals surface area contributed by atoms with Crippen molar-refractivity contribution in [3.8, 4) is 0 Å². The van der Waals surface area contributed by atoms with Gasteiger partial charge in [-0.15, -0.1) is 0 Å². The Morgan fingerprint density at radius 3 is 1.34 bits per heavy atom. The van der Waals surface area contributed by atoms with E-state index in [0.717, 1.165) is 9.80 Å². The molecule has 23 heteroatoms. The van der Waals surface area contributed by atoms with Crippen molar-refractivity contribution in [1.82, 2.24) is 55.6 Å². The first-order chi connectivity index (χ1) is 39.1. The summed E-state index contributed by atoms with van der Waals surface area (Å²) in [5.74, 6) is -8.46. The Hall–Kier alpha value is -5.42. The summed E-state index contributed by atoms with van der Waals surface area (Å²) in [4.78, 5) is 155. The normalized spacial score (nSPS) is 27.8. The van der Waals surface area contributed by atoms with Crippen molar-refractivity contribution in [2.75, 3.05) is 55.9 Å². The zero-order valence-electron chi connectivity index (χ0n) is 56.6. The molecule has 490 valence electrons. The minimum atomic E-state index is -1.58. The lowest BCUT2D eigenvalue weighted by Gasteiger charge is -2.41. The number of rotatable bonds is 15. The molecule has 0 radical (unpaired) electrons. The first kappa shape index (κ1) is 77.6. The van der Waals surface area contributed by atoms with Crippen LogP contribution in [0.15, 0.2) is 0 Å². The van der Waals surface area contributed by atoms with Crippen LogP contribution in [0.5, 0.6) is 0 Å². The molecule has 0 aromatic heterocycles. The summed E-state index contributed by atoms with van der Waals surface area (Å²) in [5.41, 5.74) is 0. The van der Waals surface area contributed by atoms with Gasteiger partial charge in [0.25, 0.3) is 0 Å². The third-order valence-electron chi connectivity index (χ3n) is 16.3. The Morgan fingerprint density at radius 1 is 0.459 bits per heavy atom. The van der Waals surface area contributed by atoms with Crippen molar-refractivity contribution in [2.45, 2.75) is 236 Å². The van der Waals surface area contributed by atoms with E-state index in [-0.39, 0.29) is 61.7 Å².